The lowest BCUT2D eigenvalue weighted by Crippen LogP contribution is -2.04. The molecule has 0 amide bonds. The fourth-order valence-corrected chi connectivity index (χ4v) is 2.43. The summed E-state index contributed by atoms with van der Waals surface area (Å²) in [4.78, 5) is 9.45. The van der Waals surface area contributed by atoms with Crippen molar-refractivity contribution in [3.05, 3.63) is 41.3 Å². The predicted octanol–water partition coefficient (Wildman–Crippen LogP) is 3.55. The zero-order chi connectivity index (χ0) is 14.1. The third kappa shape index (κ3) is 2.32. The SMILES string of the molecule is CSc1ccc(Nc2c(C)c(Cl)nc3ncnn23)cc1. The summed E-state index contributed by atoms with van der Waals surface area (Å²) in [5.41, 5.74) is 1.79. The molecule has 0 saturated heterocycles. The van der Waals surface area contributed by atoms with E-state index in [2.05, 4.69) is 32.5 Å². The molecule has 5 nitrogen and oxygen atoms in total. The van der Waals surface area contributed by atoms with E-state index in [-0.39, 0.29) is 0 Å². The molecule has 7 heteroatoms. The highest BCUT2D eigenvalue weighted by atomic mass is 35.5. The molecule has 0 radical (unpaired) electrons. The smallest absolute Gasteiger partial charge is 0.255 e. The molecule has 102 valence electrons. The predicted molar refractivity (Wildman–Crippen MR) is 82.0 cm³/mol. The van der Waals surface area contributed by atoms with Crippen molar-refractivity contribution in [1.29, 1.82) is 0 Å². The second kappa shape index (κ2) is 5.30. The Bertz CT molecular complexity index is 753. The first-order valence-corrected chi connectivity index (χ1v) is 7.56. The number of aromatic nitrogens is 4. The first-order chi connectivity index (χ1) is 9.69. The highest BCUT2D eigenvalue weighted by molar-refractivity contribution is 7.98. The van der Waals surface area contributed by atoms with Crippen LogP contribution in [0.2, 0.25) is 5.15 Å². The molecule has 20 heavy (non-hydrogen) atoms. The molecule has 3 aromatic rings. The monoisotopic (exact) mass is 305 g/mol. The molecule has 2 heterocycles. The number of halogens is 1. The lowest BCUT2D eigenvalue weighted by atomic mass is 10.3. The van der Waals surface area contributed by atoms with Crippen LogP contribution in [0.4, 0.5) is 11.5 Å². The summed E-state index contributed by atoms with van der Waals surface area (Å²) in [5, 5.41) is 7.91. The first-order valence-electron chi connectivity index (χ1n) is 5.96. The van der Waals surface area contributed by atoms with Crippen molar-refractivity contribution >= 4 is 40.6 Å². The number of thioether (sulfide) groups is 1. The van der Waals surface area contributed by atoms with Crippen molar-refractivity contribution in [1.82, 2.24) is 19.6 Å². The number of nitrogens with zero attached hydrogens (tertiary/aromatic N) is 4. The van der Waals surface area contributed by atoms with Gasteiger partial charge in [0.05, 0.1) is 0 Å². The van der Waals surface area contributed by atoms with E-state index in [9.17, 15) is 0 Å². The van der Waals surface area contributed by atoms with E-state index < -0.39 is 0 Å². The normalized spacial score (nSPS) is 10.9. The highest BCUT2D eigenvalue weighted by Gasteiger charge is 2.12. The number of rotatable bonds is 3. The largest absolute Gasteiger partial charge is 0.340 e. The number of hydrogen-bond acceptors (Lipinski definition) is 5. The van der Waals surface area contributed by atoms with Gasteiger partial charge >= 0.3 is 0 Å². The quantitative estimate of drug-likeness (QED) is 0.592. The van der Waals surface area contributed by atoms with Gasteiger partial charge in [-0.1, -0.05) is 11.6 Å². The van der Waals surface area contributed by atoms with Gasteiger partial charge in [0.25, 0.3) is 5.78 Å². The summed E-state index contributed by atoms with van der Waals surface area (Å²) in [6.45, 7) is 1.90. The minimum Gasteiger partial charge on any atom is -0.340 e. The lowest BCUT2D eigenvalue weighted by molar-refractivity contribution is 0.936. The van der Waals surface area contributed by atoms with Crippen LogP contribution in [0.5, 0.6) is 0 Å². The number of fused-ring (bicyclic) bond motifs is 1. The summed E-state index contributed by atoms with van der Waals surface area (Å²) in [7, 11) is 0. The van der Waals surface area contributed by atoms with Crippen molar-refractivity contribution < 1.29 is 0 Å². The van der Waals surface area contributed by atoms with E-state index in [0.717, 1.165) is 17.1 Å². The van der Waals surface area contributed by atoms with Gasteiger partial charge in [-0.3, -0.25) is 0 Å². The molecule has 0 aliphatic rings. The Morgan fingerprint density at radius 1 is 1.25 bits per heavy atom. The third-order valence-corrected chi connectivity index (χ3v) is 4.07. The zero-order valence-electron chi connectivity index (χ0n) is 11.0. The molecule has 2 aromatic heterocycles. The van der Waals surface area contributed by atoms with Crippen LogP contribution >= 0.6 is 23.4 Å². The topological polar surface area (TPSA) is 55.1 Å². The van der Waals surface area contributed by atoms with Gasteiger partial charge in [0.15, 0.2) is 0 Å². The van der Waals surface area contributed by atoms with E-state index in [4.69, 9.17) is 11.6 Å². The summed E-state index contributed by atoms with van der Waals surface area (Å²) in [6.07, 6.45) is 3.51. The molecule has 1 N–H and O–H groups in total. The number of nitrogens with one attached hydrogen (secondary N) is 1. The van der Waals surface area contributed by atoms with Crippen LogP contribution < -0.4 is 5.32 Å². The minimum absolute atomic E-state index is 0.425. The Kier molecular flexibility index (Phi) is 3.50. The van der Waals surface area contributed by atoms with Crippen molar-refractivity contribution in [3.8, 4) is 0 Å². The minimum atomic E-state index is 0.425. The van der Waals surface area contributed by atoms with Gasteiger partial charge in [0.2, 0.25) is 0 Å². The number of hydrogen-bond donors (Lipinski definition) is 1. The Morgan fingerprint density at radius 2 is 2.00 bits per heavy atom. The zero-order valence-corrected chi connectivity index (χ0v) is 12.5. The molecule has 0 atom stereocenters. The van der Waals surface area contributed by atoms with Gasteiger partial charge in [-0.05, 0) is 37.4 Å². The summed E-state index contributed by atoms with van der Waals surface area (Å²) >= 11 is 7.83. The van der Waals surface area contributed by atoms with Crippen LogP contribution in [0, 0.1) is 6.92 Å². The molecule has 0 unspecified atom stereocenters. The average Bonchev–Trinajstić information content (AvgIpc) is 2.92. The maximum absolute atomic E-state index is 6.13. The molecule has 0 aliphatic heterocycles. The molecule has 0 fully saturated rings. The van der Waals surface area contributed by atoms with Crippen molar-refractivity contribution in [3.63, 3.8) is 0 Å². The second-order valence-corrected chi connectivity index (χ2v) is 5.44. The average molecular weight is 306 g/mol. The highest BCUT2D eigenvalue weighted by Crippen LogP contribution is 2.26. The molecular weight excluding hydrogens is 294 g/mol. The van der Waals surface area contributed by atoms with Gasteiger partial charge in [-0.15, -0.1) is 11.8 Å². The van der Waals surface area contributed by atoms with E-state index in [1.807, 2.05) is 25.3 Å². The maximum Gasteiger partial charge on any atom is 0.255 e. The standard InChI is InChI=1S/C13H12ClN5S/c1-8-11(14)18-13-15-7-16-19(13)12(8)17-9-3-5-10(20-2)6-4-9/h3-7,17H,1-2H3. The second-order valence-electron chi connectivity index (χ2n) is 4.20. The van der Waals surface area contributed by atoms with E-state index in [0.29, 0.717) is 10.9 Å². The Hall–Kier alpha value is -1.79. The van der Waals surface area contributed by atoms with Crippen LogP contribution in [0.15, 0.2) is 35.5 Å². The van der Waals surface area contributed by atoms with Gasteiger partial charge in [0, 0.05) is 16.1 Å². The van der Waals surface area contributed by atoms with Crippen LogP contribution in [-0.4, -0.2) is 25.8 Å². The Morgan fingerprint density at radius 3 is 2.70 bits per heavy atom. The fourth-order valence-electron chi connectivity index (χ4n) is 1.86. The molecule has 3 rings (SSSR count). The first kappa shape index (κ1) is 13.2. The maximum atomic E-state index is 6.13. The molecular formula is C13H12ClN5S. The lowest BCUT2D eigenvalue weighted by Gasteiger charge is -2.12. The van der Waals surface area contributed by atoms with Gasteiger partial charge in [0.1, 0.15) is 17.3 Å². The number of benzene rings is 1. The van der Waals surface area contributed by atoms with E-state index in [1.54, 1.807) is 16.3 Å². The summed E-state index contributed by atoms with van der Waals surface area (Å²) in [6, 6.07) is 8.15. The summed E-state index contributed by atoms with van der Waals surface area (Å²) < 4.78 is 1.64. The van der Waals surface area contributed by atoms with Gasteiger partial charge < -0.3 is 5.32 Å². The van der Waals surface area contributed by atoms with Crippen LogP contribution in [-0.2, 0) is 0 Å². The van der Waals surface area contributed by atoms with Crippen LogP contribution in [0.3, 0.4) is 0 Å². The van der Waals surface area contributed by atoms with E-state index >= 15 is 0 Å². The van der Waals surface area contributed by atoms with Gasteiger partial charge in [-0.25, -0.2) is 0 Å². The molecule has 0 spiro atoms. The van der Waals surface area contributed by atoms with Gasteiger partial charge in [-0.2, -0.15) is 19.6 Å². The van der Waals surface area contributed by atoms with Crippen LogP contribution in [0.25, 0.3) is 5.78 Å². The van der Waals surface area contributed by atoms with E-state index in [1.165, 1.54) is 11.2 Å². The van der Waals surface area contributed by atoms with Crippen molar-refractivity contribution in [2.24, 2.45) is 0 Å². The fraction of sp³-hybridized carbons (Fsp3) is 0.154. The number of anilines is 2. The van der Waals surface area contributed by atoms with Crippen LogP contribution in [0.1, 0.15) is 5.56 Å². The third-order valence-electron chi connectivity index (χ3n) is 2.96. The molecule has 0 bridgehead atoms. The van der Waals surface area contributed by atoms with Crippen molar-refractivity contribution in [2.75, 3.05) is 11.6 Å². The van der Waals surface area contributed by atoms with Crippen molar-refractivity contribution in [2.45, 2.75) is 11.8 Å². The summed E-state index contributed by atoms with van der Waals surface area (Å²) in [5.74, 6) is 1.25. The molecule has 0 aliphatic carbocycles. The molecule has 1 aromatic carbocycles. The molecule has 0 saturated carbocycles. The Labute approximate surface area is 125 Å². The Balaban J connectivity index is 2.04.